The number of hydrogen-bond acceptors (Lipinski definition) is 6. The number of fused-ring (bicyclic) bond motifs is 1. The van der Waals surface area contributed by atoms with E-state index in [0.29, 0.717) is 52.0 Å². The molecule has 0 aliphatic heterocycles. The molecule has 22 heavy (non-hydrogen) atoms. The van der Waals surface area contributed by atoms with Crippen molar-refractivity contribution in [2.45, 2.75) is 25.7 Å². The molecule has 2 aliphatic rings. The van der Waals surface area contributed by atoms with Crippen molar-refractivity contribution in [1.82, 2.24) is 5.48 Å². The highest BCUT2D eigenvalue weighted by Gasteiger charge is 2.48. The van der Waals surface area contributed by atoms with Gasteiger partial charge < -0.3 is 15.2 Å². The lowest BCUT2D eigenvalue weighted by molar-refractivity contribution is -0.340. The number of hydroxylamine groups is 1. The van der Waals surface area contributed by atoms with Gasteiger partial charge in [0.2, 0.25) is 0 Å². The molecule has 126 valence electrons. The summed E-state index contributed by atoms with van der Waals surface area (Å²) in [5, 5.41) is 0. The summed E-state index contributed by atoms with van der Waals surface area (Å²) in [6.45, 7) is 4.06. The van der Waals surface area contributed by atoms with Crippen LogP contribution in [0.1, 0.15) is 25.7 Å². The molecule has 0 bridgehead atoms. The van der Waals surface area contributed by atoms with Crippen LogP contribution in [-0.4, -0.2) is 46.1 Å². The van der Waals surface area contributed by atoms with E-state index in [1.807, 2.05) is 0 Å². The van der Waals surface area contributed by atoms with Gasteiger partial charge in [-0.3, -0.25) is 0 Å². The first-order chi connectivity index (χ1) is 10.9. The monoisotopic (exact) mass is 312 g/mol. The molecule has 2 aliphatic carbocycles. The molecule has 6 nitrogen and oxygen atoms in total. The number of hydrogen-bond donors (Lipinski definition) is 2. The maximum Gasteiger partial charge on any atom is 0.0875 e. The molecule has 6 heteroatoms. The molecular weight excluding hydrogens is 284 g/mol. The molecule has 0 saturated heterocycles. The summed E-state index contributed by atoms with van der Waals surface area (Å²) < 4.78 is 10.5. The smallest absolute Gasteiger partial charge is 0.0875 e. The zero-order valence-electron chi connectivity index (χ0n) is 13.2. The van der Waals surface area contributed by atoms with Crippen molar-refractivity contribution in [3.05, 3.63) is 0 Å². The van der Waals surface area contributed by atoms with Gasteiger partial charge in [0.25, 0.3) is 0 Å². The molecule has 0 radical (unpaired) electrons. The highest BCUT2D eigenvalue weighted by Crippen LogP contribution is 2.52. The summed E-state index contributed by atoms with van der Waals surface area (Å²) in [4.78, 5) is 10.2. The molecule has 3 N–H and O–H groups in total. The lowest BCUT2D eigenvalue weighted by atomic mass is 10.1. The number of ether oxygens (including phenoxy) is 2. The number of nitrogens with one attached hydrogen (secondary N) is 1. The summed E-state index contributed by atoms with van der Waals surface area (Å²) in [5.41, 5.74) is 8.05. The first-order valence-corrected chi connectivity index (χ1v) is 8.26. The third kappa shape index (κ3) is 6.61. The van der Waals surface area contributed by atoms with Crippen LogP contribution in [0.25, 0.3) is 0 Å². The van der Waals surface area contributed by atoms with Gasteiger partial charge in [-0.25, -0.2) is 4.89 Å². The molecule has 1 fully saturated rings. The van der Waals surface area contributed by atoms with Crippen LogP contribution in [0.4, 0.5) is 0 Å². The van der Waals surface area contributed by atoms with E-state index in [-0.39, 0.29) is 0 Å². The summed E-state index contributed by atoms with van der Waals surface area (Å²) in [6.07, 6.45) is 4.48. The Hall–Kier alpha value is -0.680. The van der Waals surface area contributed by atoms with E-state index < -0.39 is 0 Å². The second-order valence-electron chi connectivity index (χ2n) is 5.70. The Balaban J connectivity index is 1.35. The van der Waals surface area contributed by atoms with Crippen molar-refractivity contribution in [2.75, 3.05) is 46.1 Å². The molecule has 0 aromatic heterocycles. The fourth-order valence-electron chi connectivity index (χ4n) is 3.00. The standard InChI is InChI=1S/C16H28N2O4/c17-7-9-19-11-12-20-10-8-18-22-21-13-16-14-5-3-1-2-4-6-15(14)16/h14-16,18H,3-13,17H2/t14-,15+,16-. The molecule has 0 spiro atoms. The Labute approximate surface area is 132 Å². The van der Waals surface area contributed by atoms with Crippen LogP contribution >= 0.6 is 0 Å². The maximum atomic E-state index is 5.35. The van der Waals surface area contributed by atoms with E-state index in [1.165, 1.54) is 12.8 Å². The van der Waals surface area contributed by atoms with E-state index in [4.69, 9.17) is 25.1 Å². The molecule has 0 amide bonds. The average molecular weight is 312 g/mol. The Morgan fingerprint density at radius 3 is 2.32 bits per heavy atom. The molecule has 0 aromatic carbocycles. The van der Waals surface area contributed by atoms with Gasteiger partial charge in [0, 0.05) is 25.9 Å². The van der Waals surface area contributed by atoms with Gasteiger partial charge in [0.1, 0.15) is 0 Å². The summed E-state index contributed by atoms with van der Waals surface area (Å²) >= 11 is 0. The number of nitrogens with two attached hydrogens (primary N) is 1. The Kier molecular flexibility index (Phi) is 8.79. The Morgan fingerprint density at radius 2 is 1.64 bits per heavy atom. The minimum atomic E-state index is 0.544. The minimum absolute atomic E-state index is 0.544. The fraction of sp³-hybridized carbons (Fsp3) is 0.875. The van der Waals surface area contributed by atoms with Crippen molar-refractivity contribution in [3.8, 4) is 11.8 Å². The van der Waals surface area contributed by atoms with E-state index in [1.54, 1.807) is 0 Å². The van der Waals surface area contributed by atoms with Gasteiger partial charge in [-0.15, -0.1) is 16.8 Å². The van der Waals surface area contributed by atoms with Crippen LogP contribution < -0.4 is 11.2 Å². The van der Waals surface area contributed by atoms with E-state index in [0.717, 1.165) is 24.7 Å². The predicted octanol–water partition coefficient (Wildman–Crippen LogP) is 0.871. The van der Waals surface area contributed by atoms with Gasteiger partial charge in [-0.05, 0) is 30.6 Å². The predicted molar refractivity (Wildman–Crippen MR) is 82.4 cm³/mol. The van der Waals surface area contributed by atoms with Crippen molar-refractivity contribution in [1.29, 1.82) is 0 Å². The van der Waals surface area contributed by atoms with Gasteiger partial charge in [0.15, 0.2) is 0 Å². The average Bonchev–Trinajstić information content (AvgIpc) is 3.14. The highest BCUT2D eigenvalue weighted by atomic mass is 17.3. The van der Waals surface area contributed by atoms with Crippen LogP contribution in [0.15, 0.2) is 0 Å². The summed E-state index contributed by atoms with van der Waals surface area (Å²) in [5.74, 6) is 8.64. The van der Waals surface area contributed by atoms with Gasteiger partial charge in [-0.2, -0.15) is 5.48 Å². The molecule has 0 heterocycles. The van der Waals surface area contributed by atoms with E-state index in [2.05, 4.69) is 17.3 Å². The van der Waals surface area contributed by atoms with Crippen LogP contribution in [0, 0.1) is 29.6 Å². The second kappa shape index (κ2) is 10.9. The largest absolute Gasteiger partial charge is 0.378 e. The lowest BCUT2D eigenvalue weighted by Crippen LogP contribution is -2.22. The molecule has 1 saturated carbocycles. The minimum Gasteiger partial charge on any atom is -0.378 e. The van der Waals surface area contributed by atoms with E-state index >= 15 is 0 Å². The molecule has 0 aromatic rings. The Morgan fingerprint density at radius 1 is 0.955 bits per heavy atom. The van der Waals surface area contributed by atoms with Crippen LogP contribution in [0.5, 0.6) is 0 Å². The summed E-state index contributed by atoms with van der Waals surface area (Å²) in [6, 6.07) is 0. The van der Waals surface area contributed by atoms with Crippen molar-refractivity contribution in [3.63, 3.8) is 0 Å². The SMILES string of the molecule is NCCOCCOCCNOOC[C@@H]1[C@@H]2CCC#CCC[C@@H]21. The van der Waals surface area contributed by atoms with Crippen LogP contribution in [-0.2, 0) is 19.3 Å². The van der Waals surface area contributed by atoms with Crippen LogP contribution in [0.2, 0.25) is 0 Å². The number of rotatable bonds is 12. The van der Waals surface area contributed by atoms with Crippen LogP contribution in [0.3, 0.4) is 0 Å². The van der Waals surface area contributed by atoms with Gasteiger partial charge >= 0.3 is 0 Å². The van der Waals surface area contributed by atoms with Crippen molar-refractivity contribution < 1.29 is 19.3 Å². The normalized spacial score (nSPS) is 26.5. The lowest BCUT2D eigenvalue weighted by Gasteiger charge is -2.06. The third-order valence-corrected chi connectivity index (χ3v) is 4.20. The van der Waals surface area contributed by atoms with Crippen molar-refractivity contribution >= 4 is 0 Å². The third-order valence-electron chi connectivity index (χ3n) is 4.20. The quantitative estimate of drug-likeness (QED) is 0.241. The zero-order chi connectivity index (χ0) is 15.5. The fourth-order valence-corrected chi connectivity index (χ4v) is 3.00. The topological polar surface area (TPSA) is 75.0 Å². The zero-order valence-corrected chi connectivity index (χ0v) is 13.2. The Bertz CT molecular complexity index is 338. The first kappa shape index (κ1) is 17.7. The highest BCUT2D eigenvalue weighted by molar-refractivity contribution is 5.07. The van der Waals surface area contributed by atoms with Crippen molar-refractivity contribution in [2.24, 2.45) is 23.5 Å². The van der Waals surface area contributed by atoms with Gasteiger partial charge in [0.05, 0.1) is 33.0 Å². The molecular formula is C16H28N2O4. The molecule has 3 atom stereocenters. The summed E-state index contributed by atoms with van der Waals surface area (Å²) in [7, 11) is 0. The van der Waals surface area contributed by atoms with Gasteiger partial charge in [-0.1, -0.05) is 0 Å². The second-order valence-corrected chi connectivity index (χ2v) is 5.70. The molecule has 2 rings (SSSR count). The first-order valence-electron chi connectivity index (χ1n) is 8.26. The maximum absolute atomic E-state index is 5.35. The van der Waals surface area contributed by atoms with E-state index in [9.17, 15) is 0 Å². The molecule has 0 unspecified atom stereocenters.